The number of benzene rings is 1. The van der Waals surface area contributed by atoms with Crippen LogP contribution in [-0.4, -0.2) is 37.9 Å². The second kappa shape index (κ2) is 9.85. The summed E-state index contributed by atoms with van der Waals surface area (Å²) in [7, 11) is 0. The van der Waals surface area contributed by atoms with Gasteiger partial charge in [-0.3, -0.25) is 9.78 Å². The monoisotopic (exact) mass is 447 g/mol. The first kappa shape index (κ1) is 22.5. The van der Waals surface area contributed by atoms with Crippen molar-refractivity contribution in [3.05, 3.63) is 60.0 Å². The van der Waals surface area contributed by atoms with Gasteiger partial charge in [0.2, 0.25) is 0 Å². The standard InChI is InChI=1S/C25H29N5O3/c1-3-16(2)27-25(33)30-22(17-6-4-5-7-17)15-21(29-30)20-14-19(8-9-23(20)31)28-24(32)18-10-12-26-13-11-18/h8-17,31H,3-7H2,1-2H3,(H,27,33)(H,28,32). The molecule has 1 atom stereocenters. The summed E-state index contributed by atoms with van der Waals surface area (Å²) in [6.07, 6.45) is 8.20. The summed E-state index contributed by atoms with van der Waals surface area (Å²) in [5.41, 5.74) is 2.80. The lowest BCUT2D eigenvalue weighted by Crippen LogP contribution is -2.37. The molecule has 1 aromatic carbocycles. The van der Waals surface area contributed by atoms with Gasteiger partial charge in [0.15, 0.2) is 0 Å². The van der Waals surface area contributed by atoms with Crippen LogP contribution in [0.2, 0.25) is 0 Å². The Morgan fingerprint density at radius 3 is 2.58 bits per heavy atom. The number of phenols is 1. The van der Waals surface area contributed by atoms with Crippen molar-refractivity contribution >= 4 is 17.6 Å². The van der Waals surface area contributed by atoms with Gasteiger partial charge in [-0.1, -0.05) is 19.8 Å². The number of hydrogen-bond donors (Lipinski definition) is 3. The molecule has 2 aromatic heterocycles. The Bertz CT molecular complexity index is 1140. The van der Waals surface area contributed by atoms with Gasteiger partial charge < -0.3 is 15.7 Å². The van der Waals surface area contributed by atoms with E-state index in [0.29, 0.717) is 22.5 Å². The minimum atomic E-state index is -0.279. The minimum Gasteiger partial charge on any atom is -0.507 e. The zero-order chi connectivity index (χ0) is 23.4. The number of aromatic hydroxyl groups is 1. The molecule has 1 unspecified atom stereocenters. The molecule has 3 aromatic rings. The first-order valence-electron chi connectivity index (χ1n) is 11.4. The van der Waals surface area contributed by atoms with Gasteiger partial charge in [-0.25, -0.2) is 4.79 Å². The van der Waals surface area contributed by atoms with Crippen LogP contribution in [0.5, 0.6) is 5.75 Å². The second-order valence-electron chi connectivity index (χ2n) is 8.53. The van der Waals surface area contributed by atoms with Crippen molar-refractivity contribution in [3.8, 4) is 17.0 Å². The fourth-order valence-corrected chi connectivity index (χ4v) is 4.10. The summed E-state index contributed by atoms with van der Waals surface area (Å²) >= 11 is 0. The predicted octanol–water partition coefficient (Wildman–Crippen LogP) is 4.92. The normalized spacial score (nSPS) is 14.7. The minimum absolute atomic E-state index is 0.0294. The third kappa shape index (κ3) is 5.05. The number of aromatic nitrogens is 3. The molecule has 1 fully saturated rings. The molecule has 1 saturated carbocycles. The lowest BCUT2D eigenvalue weighted by Gasteiger charge is -2.15. The summed E-state index contributed by atoms with van der Waals surface area (Å²) in [6, 6.07) is 9.72. The van der Waals surface area contributed by atoms with E-state index in [0.717, 1.165) is 37.8 Å². The Hall–Kier alpha value is -3.68. The molecule has 2 heterocycles. The Morgan fingerprint density at radius 2 is 1.88 bits per heavy atom. The zero-order valence-corrected chi connectivity index (χ0v) is 18.9. The largest absolute Gasteiger partial charge is 0.507 e. The third-order valence-electron chi connectivity index (χ3n) is 6.16. The molecule has 0 saturated heterocycles. The van der Waals surface area contributed by atoms with E-state index in [2.05, 4.69) is 20.7 Å². The zero-order valence-electron chi connectivity index (χ0n) is 18.9. The fourth-order valence-electron chi connectivity index (χ4n) is 4.10. The van der Waals surface area contributed by atoms with Crippen LogP contribution in [-0.2, 0) is 0 Å². The highest BCUT2D eigenvalue weighted by atomic mass is 16.3. The fraction of sp³-hybridized carbons (Fsp3) is 0.360. The van der Waals surface area contributed by atoms with Crippen LogP contribution in [0.1, 0.15) is 67.9 Å². The molecule has 8 nitrogen and oxygen atoms in total. The van der Waals surface area contributed by atoms with E-state index in [1.165, 1.54) is 10.7 Å². The number of nitrogens with zero attached hydrogens (tertiary/aromatic N) is 3. The SMILES string of the molecule is CCC(C)NC(=O)n1nc(-c2cc(NC(=O)c3ccncc3)ccc2O)cc1C1CCCC1. The van der Waals surface area contributed by atoms with E-state index in [4.69, 9.17) is 0 Å². The van der Waals surface area contributed by atoms with Crippen molar-refractivity contribution < 1.29 is 14.7 Å². The maximum absolute atomic E-state index is 13.0. The van der Waals surface area contributed by atoms with Gasteiger partial charge in [-0.15, -0.1) is 0 Å². The predicted molar refractivity (Wildman–Crippen MR) is 126 cm³/mol. The van der Waals surface area contributed by atoms with Crippen molar-refractivity contribution in [1.29, 1.82) is 0 Å². The van der Waals surface area contributed by atoms with Crippen LogP contribution in [0.4, 0.5) is 10.5 Å². The number of pyridine rings is 1. The number of anilines is 1. The quantitative estimate of drug-likeness (QED) is 0.465. The molecule has 0 aliphatic heterocycles. The lowest BCUT2D eigenvalue weighted by molar-refractivity contribution is 0.102. The first-order chi connectivity index (χ1) is 16.0. The number of carbonyl (C=O) groups is 2. The van der Waals surface area contributed by atoms with E-state index >= 15 is 0 Å². The van der Waals surface area contributed by atoms with Crippen LogP contribution < -0.4 is 10.6 Å². The van der Waals surface area contributed by atoms with Crippen molar-refractivity contribution in [2.75, 3.05) is 5.32 Å². The van der Waals surface area contributed by atoms with Crippen molar-refractivity contribution in [1.82, 2.24) is 20.1 Å². The molecular formula is C25H29N5O3. The molecule has 4 rings (SSSR count). The average Bonchev–Trinajstić information content (AvgIpc) is 3.51. The number of nitrogens with one attached hydrogen (secondary N) is 2. The first-order valence-corrected chi connectivity index (χ1v) is 11.4. The maximum Gasteiger partial charge on any atom is 0.342 e. The van der Waals surface area contributed by atoms with E-state index < -0.39 is 0 Å². The Morgan fingerprint density at radius 1 is 1.15 bits per heavy atom. The number of rotatable bonds is 6. The summed E-state index contributed by atoms with van der Waals surface area (Å²) in [4.78, 5) is 29.4. The molecule has 3 N–H and O–H groups in total. The summed E-state index contributed by atoms with van der Waals surface area (Å²) in [5.74, 6) is 0.00617. The number of amides is 2. The van der Waals surface area contributed by atoms with Crippen LogP contribution >= 0.6 is 0 Å². The Labute approximate surface area is 193 Å². The molecule has 0 bridgehead atoms. The summed E-state index contributed by atoms with van der Waals surface area (Å²) in [5, 5.41) is 21.0. The van der Waals surface area contributed by atoms with Crippen LogP contribution in [0.25, 0.3) is 11.3 Å². The molecule has 8 heteroatoms. The average molecular weight is 448 g/mol. The van der Waals surface area contributed by atoms with Crippen LogP contribution in [0, 0.1) is 0 Å². The Kier molecular flexibility index (Phi) is 6.72. The summed E-state index contributed by atoms with van der Waals surface area (Å²) < 4.78 is 1.44. The van der Waals surface area contributed by atoms with Crippen molar-refractivity contribution in [2.24, 2.45) is 0 Å². The van der Waals surface area contributed by atoms with Gasteiger partial charge in [-0.05, 0) is 62.6 Å². The van der Waals surface area contributed by atoms with Gasteiger partial charge in [0.1, 0.15) is 5.75 Å². The van der Waals surface area contributed by atoms with Crippen LogP contribution in [0.15, 0.2) is 48.8 Å². The highest BCUT2D eigenvalue weighted by molar-refractivity contribution is 6.04. The number of hydrogen-bond acceptors (Lipinski definition) is 5. The van der Waals surface area contributed by atoms with Crippen molar-refractivity contribution in [2.45, 2.75) is 57.9 Å². The number of phenolic OH excluding ortho intramolecular Hbond substituents is 1. The summed E-state index contributed by atoms with van der Waals surface area (Å²) in [6.45, 7) is 3.97. The highest BCUT2D eigenvalue weighted by Crippen LogP contribution is 2.38. The molecular weight excluding hydrogens is 418 g/mol. The van der Waals surface area contributed by atoms with Gasteiger partial charge in [0.05, 0.1) is 11.4 Å². The maximum atomic E-state index is 13.0. The number of carbonyl (C=O) groups excluding carboxylic acids is 2. The Balaban J connectivity index is 1.66. The second-order valence-corrected chi connectivity index (χ2v) is 8.53. The molecule has 172 valence electrons. The molecule has 2 amide bonds. The van der Waals surface area contributed by atoms with E-state index in [-0.39, 0.29) is 29.6 Å². The molecule has 0 radical (unpaired) electrons. The molecule has 1 aliphatic rings. The van der Waals surface area contributed by atoms with Gasteiger partial charge in [0, 0.05) is 41.2 Å². The third-order valence-corrected chi connectivity index (χ3v) is 6.16. The van der Waals surface area contributed by atoms with Gasteiger partial charge >= 0.3 is 6.03 Å². The van der Waals surface area contributed by atoms with Crippen LogP contribution in [0.3, 0.4) is 0 Å². The van der Waals surface area contributed by atoms with Crippen molar-refractivity contribution in [3.63, 3.8) is 0 Å². The van der Waals surface area contributed by atoms with E-state index in [1.54, 1.807) is 36.7 Å². The smallest absolute Gasteiger partial charge is 0.342 e. The van der Waals surface area contributed by atoms with E-state index in [9.17, 15) is 14.7 Å². The van der Waals surface area contributed by atoms with E-state index in [1.807, 2.05) is 19.9 Å². The molecule has 33 heavy (non-hydrogen) atoms. The lowest BCUT2D eigenvalue weighted by atomic mass is 10.0. The molecule has 0 spiro atoms. The van der Waals surface area contributed by atoms with Gasteiger partial charge in [-0.2, -0.15) is 9.78 Å². The highest BCUT2D eigenvalue weighted by Gasteiger charge is 2.26. The molecule has 1 aliphatic carbocycles. The topological polar surface area (TPSA) is 109 Å². The van der Waals surface area contributed by atoms with Gasteiger partial charge in [0.25, 0.3) is 5.91 Å².